The number of esters is 1. The molecule has 0 saturated carbocycles. The maximum Gasteiger partial charge on any atom is 0.358 e. The van der Waals surface area contributed by atoms with E-state index in [1.165, 1.54) is 21.3 Å². The molecular weight excluding hydrogens is 739 g/mol. The summed E-state index contributed by atoms with van der Waals surface area (Å²) in [4.78, 5) is 59.3. The Morgan fingerprint density at radius 1 is 0.603 bits per heavy atom. The monoisotopic (exact) mass is 783 g/mol. The summed E-state index contributed by atoms with van der Waals surface area (Å²) in [5, 5.41) is 12.3. The predicted molar refractivity (Wildman–Crippen MR) is 222 cm³/mol. The topological polar surface area (TPSA) is 167 Å². The van der Waals surface area contributed by atoms with Gasteiger partial charge in [-0.3, -0.25) is 14.4 Å². The SMILES string of the molecule is COC(=O)c1nc(OC)ccc1NC(=O)c1ccc(C)c2ccccc12.COc1ccc(NC(=O)c2ccc(C)c3ccccc23)c(C(=O)NCC2CCOCC2)n1. The zero-order valence-corrected chi connectivity index (χ0v) is 33.0. The number of amides is 3. The molecule has 1 fully saturated rings. The van der Waals surface area contributed by atoms with E-state index in [0.717, 1.165) is 45.5 Å². The van der Waals surface area contributed by atoms with Gasteiger partial charge in [0.15, 0.2) is 11.4 Å². The second-order valence-electron chi connectivity index (χ2n) is 13.6. The van der Waals surface area contributed by atoms with Gasteiger partial charge in [0.2, 0.25) is 11.8 Å². The molecule has 0 aliphatic carbocycles. The average molecular weight is 784 g/mol. The van der Waals surface area contributed by atoms with Crippen molar-refractivity contribution in [3.63, 3.8) is 0 Å². The minimum atomic E-state index is -0.659. The van der Waals surface area contributed by atoms with Crippen LogP contribution in [0.2, 0.25) is 0 Å². The fourth-order valence-corrected chi connectivity index (χ4v) is 6.68. The van der Waals surface area contributed by atoms with E-state index in [4.69, 9.17) is 18.9 Å². The van der Waals surface area contributed by atoms with Crippen molar-refractivity contribution in [1.29, 1.82) is 0 Å². The first kappa shape index (κ1) is 40.8. The maximum absolute atomic E-state index is 13.2. The van der Waals surface area contributed by atoms with Crippen molar-refractivity contribution in [3.05, 3.63) is 131 Å². The molecule has 4 aromatic carbocycles. The number of methoxy groups -OCH3 is 3. The van der Waals surface area contributed by atoms with Crippen LogP contribution in [-0.4, -0.2) is 74.7 Å². The van der Waals surface area contributed by atoms with Gasteiger partial charge in [0.25, 0.3) is 17.7 Å². The highest BCUT2D eigenvalue weighted by atomic mass is 16.5. The summed E-state index contributed by atoms with van der Waals surface area (Å²) in [7, 11) is 4.19. The Kier molecular flexibility index (Phi) is 13.3. The summed E-state index contributed by atoms with van der Waals surface area (Å²) in [5.41, 5.74) is 3.93. The third kappa shape index (κ3) is 9.39. The number of pyridine rings is 2. The van der Waals surface area contributed by atoms with Crippen LogP contribution in [0.4, 0.5) is 11.4 Å². The van der Waals surface area contributed by atoms with Crippen LogP contribution >= 0.6 is 0 Å². The van der Waals surface area contributed by atoms with E-state index < -0.39 is 5.97 Å². The van der Waals surface area contributed by atoms with E-state index in [2.05, 4.69) is 25.9 Å². The fourth-order valence-electron chi connectivity index (χ4n) is 6.68. The summed E-state index contributed by atoms with van der Waals surface area (Å²) in [6, 6.07) is 29.2. The first-order chi connectivity index (χ1) is 28.1. The Bertz CT molecular complexity index is 2480. The number of ether oxygens (including phenoxy) is 4. The lowest BCUT2D eigenvalue weighted by molar-refractivity contribution is 0.0594. The van der Waals surface area contributed by atoms with Crippen molar-refractivity contribution in [2.75, 3.05) is 51.7 Å². The Labute approximate surface area is 336 Å². The Hall–Kier alpha value is -6.86. The van der Waals surface area contributed by atoms with E-state index in [1.54, 1.807) is 36.4 Å². The fraction of sp³-hybridized carbons (Fsp3) is 0.244. The van der Waals surface area contributed by atoms with Gasteiger partial charge in [-0.15, -0.1) is 0 Å². The van der Waals surface area contributed by atoms with Gasteiger partial charge < -0.3 is 34.9 Å². The normalized spacial score (nSPS) is 12.5. The van der Waals surface area contributed by atoms with Crippen LogP contribution in [0, 0.1) is 19.8 Å². The van der Waals surface area contributed by atoms with Crippen LogP contribution < -0.4 is 25.4 Å². The zero-order chi connectivity index (χ0) is 41.2. The second-order valence-corrected chi connectivity index (χ2v) is 13.6. The number of rotatable bonds is 10. The van der Waals surface area contributed by atoms with Gasteiger partial charge in [-0.2, -0.15) is 0 Å². The molecule has 13 heteroatoms. The molecule has 0 radical (unpaired) electrons. The lowest BCUT2D eigenvalue weighted by Gasteiger charge is -2.22. The summed E-state index contributed by atoms with van der Waals surface area (Å²) in [5.74, 6) is -0.711. The van der Waals surface area contributed by atoms with Crippen LogP contribution in [-0.2, 0) is 9.47 Å². The zero-order valence-electron chi connectivity index (χ0n) is 33.0. The van der Waals surface area contributed by atoms with Gasteiger partial charge in [0.05, 0.1) is 32.7 Å². The average Bonchev–Trinajstić information content (AvgIpc) is 3.26. The van der Waals surface area contributed by atoms with E-state index in [0.29, 0.717) is 48.4 Å². The highest BCUT2D eigenvalue weighted by Gasteiger charge is 2.22. The predicted octanol–water partition coefficient (Wildman–Crippen LogP) is 7.55. The van der Waals surface area contributed by atoms with Crippen molar-refractivity contribution in [1.82, 2.24) is 15.3 Å². The van der Waals surface area contributed by atoms with Gasteiger partial charge in [-0.1, -0.05) is 60.7 Å². The number of anilines is 2. The van der Waals surface area contributed by atoms with Crippen molar-refractivity contribution in [2.24, 2.45) is 5.92 Å². The standard InChI is InChI=1S/C25H27N3O4.C20H18N2O4/c1-16-7-8-20(19-6-4-3-5-18(16)19)24(29)27-21-9-10-22(31-2)28-23(21)25(30)26-15-17-11-13-32-14-12-17;1-12-8-9-15(14-7-5-4-6-13(12)14)19(23)21-16-10-11-17(25-2)22-18(16)20(24)26-3/h3-10,17H,11-15H2,1-2H3,(H,26,30)(H,27,29);4-11H,1-3H3,(H,21,23). The molecular formula is C45H45N5O8. The highest BCUT2D eigenvalue weighted by Crippen LogP contribution is 2.27. The number of benzene rings is 4. The van der Waals surface area contributed by atoms with Crippen molar-refractivity contribution in [2.45, 2.75) is 26.7 Å². The molecule has 3 amide bonds. The minimum Gasteiger partial charge on any atom is -0.481 e. The summed E-state index contributed by atoms with van der Waals surface area (Å²) >= 11 is 0. The first-order valence-electron chi connectivity index (χ1n) is 18.8. The smallest absolute Gasteiger partial charge is 0.358 e. The number of aryl methyl sites for hydroxylation is 2. The molecule has 298 valence electrons. The Morgan fingerprint density at radius 2 is 1.07 bits per heavy atom. The van der Waals surface area contributed by atoms with Crippen LogP contribution in [0.3, 0.4) is 0 Å². The van der Waals surface area contributed by atoms with E-state index in [1.807, 2.05) is 74.5 Å². The lowest BCUT2D eigenvalue weighted by Crippen LogP contribution is -2.33. The summed E-state index contributed by atoms with van der Waals surface area (Å²) in [6.07, 6.45) is 1.83. The largest absolute Gasteiger partial charge is 0.481 e. The van der Waals surface area contributed by atoms with Crippen LogP contribution in [0.15, 0.2) is 97.1 Å². The molecule has 2 aromatic heterocycles. The number of hydrogen-bond acceptors (Lipinski definition) is 10. The number of carbonyl (C=O) groups is 4. The second kappa shape index (κ2) is 18.9. The quantitative estimate of drug-likeness (QED) is 0.118. The molecule has 3 heterocycles. The molecule has 6 aromatic rings. The van der Waals surface area contributed by atoms with Crippen molar-refractivity contribution in [3.8, 4) is 11.8 Å². The number of nitrogens with zero attached hydrogens (tertiary/aromatic N) is 2. The molecule has 0 bridgehead atoms. The summed E-state index contributed by atoms with van der Waals surface area (Å²) < 4.78 is 20.3. The van der Waals surface area contributed by atoms with Crippen LogP contribution in [0.1, 0.15) is 65.7 Å². The van der Waals surface area contributed by atoms with E-state index in [-0.39, 0.29) is 40.7 Å². The summed E-state index contributed by atoms with van der Waals surface area (Å²) in [6.45, 7) is 5.97. The molecule has 3 N–H and O–H groups in total. The molecule has 1 aliphatic rings. The molecule has 1 aliphatic heterocycles. The number of aromatic nitrogens is 2. The molecule has 13 nitrogen and oxygen atoms in total. The Balaban J connectivity index is 0.000000200. The van der Waals surface area contributed by atoms with Crippen LogP contribution in [0.25, 0.3) is 21.5 Å². The number of carbonyl (C=O) groups excluding carboxylic acids is 4. The number of nitrogens with one attached hydrogen (secondary N) is 3. The van der Waals surface area contributed by atoms with Crippen LogP contribution in [0.5, 0.6) is 11.8 Å². The Morgan fingerprint density at radius 3 is 1.55 bits per heavy atom. The lowest BCUT2D eigenvalue weighted by atomic mass is 10.00. The molecule has 58 heavy (non-hydrogen) atoms. The van der Waals surface area contributed by atoms with Gasteiger partial charge in [0.1, 0.15) is 0 Å². The molecule has 0 unspecified atom stereocenters. The molecule has 1 saturated heterocycles. The number of hydrogen-bond donors (Lipinski definition) is 3. The minimum absolute atomic E-state index is 0.0170. The van der Waals surface area contributed by atoms with E-state index in [9.17, 15) is 19.2 Å². The third-order valence-electron chi connectivity index (χ3n) is 9.91. The van der Waals surface area contributed by atoms with Gasteiger partial charge >= 0.3 is 5.97 Å². The van der Waals surface area contributed by atoms with Crippen molar-refractivity contribution >= 4 is 56.6 Å². The third-order valence-corrected chi connectivity index (χ3v) is 9.91. The molecule has 0 atom stereocenters. The van der Waals surface area contributed by atoms with Gasteiger partial charge in [-0.05, 0) is 89.5 Å². The van der Waals surface area contributed by atoms with E-state index >= 15 is 0 Å². The van der Waals surface area contributed by atoms with Gasteiger partial charge in [0, 0.05) is 43.0 Å². The first-order valence-corrected chi connectivity index (χ1v) is 18.8. The molecule has 7 rings (SSSR count). The maximum atomic E-state index is 13.2. The highest BCUT2D eigenvalue weighted by molar-refractivity contribution is 6.16. The van der Waals surface area contributed by atoms with Gasteiger partial charge in [-0.25, -0.2) is 14.8 Å². The van der Waals surface area contributed by atoms with Crippen molar-refractivity contribution < 1.29 is 38.1 Å². The number of fused-ring (bicyclic) bond motifs is 2. The molecule has 0 spiro atoms.